The first kappa shape index (κ1) is 17.5. The van der Waals surface area contributed by atoms with Crippen LogP contribution in [0, 0.1) is 0 Å². The maximum atomic E-state index is 11.7. The molecule has 1 aliphatic heterocycles. The summed E-state index contributed by atoms with van der Waals surface area (Å²) in [7, 11) is 3.07. The highest BCUT2D eigenvalue weighted by Gasteiger charge is 2.24. The number of benzene rings is 3. The Bertz CT molecular complexity index is 985. The molecule has 0 radical (unpaired) electrons. The zero-order valence-electron chi connectivity index (χ0n) is 15.1. The lowest BCUT2D eigenvalue weighted by atomic mass is 10.1. The van der Waals surface area contributed by atoms with Gasteiger partial charge in [0, 0.05) is 22.4 Å². The van der Waals surface area contributed by atoms with Gasteiger partial charge in [0.1, 0.15) is 5.75 Å². The quantitative estimate of drug-likeness (QED) is 0.578. The van der Waals surface area contributed by atoms with Crippen molar-refractivity contribution in [3.8, 4) is 5.75 Å². The maximum Gasteiger partial charge on any atom is 0.337 e. The van der Waals surface area contributed by atoms with Gasteiger partial charge < -0.3 is 14.4 Å². The maximum absolute atomic E-state index is 11.7. The van der Waals surface area contributed by atoms with Gasteiger partial charge in [-0.2, -0.15) is 0 Å². The Hall–Kier alpha value is -2.92. The van der Waals surface area contributed by atoms with Crippen LogP contribution in [-0.4, -0.2) is 20.2 Å². The SMILES string of the molecule is COC(=O)c1ccc(CN2c3ccccc3Sc3ccc(OC)cc32)cc1. The van der Waals surface area contributed by atoms with Crippen molar-refractivity contribution in [2.45, 2.75) is 16.3 Å². The second kappa shape index (κ2) is 7.37. The topological polar surface area (TPSA) is 38.8 Å². The van der Waals surface area contributed by atoms with Crippen LogP contribution in [0.4, 0.5) is 11.4 Å². The molecule has 3 aromatic carbocycles. The van der Waals surface area contributed by atoms with E-state index in [0.29, 0.717) is 12.1 Å². The van der Waals surface area contributed by atoms with Gasteiger partial charge in [0.05, 0.1) is 31.2 Å². The molecule has 0 aliphatic carbocycles. The second-order valence-electron chi connectivity index (χ2n) is 6.18. The normalized spacial score (nSPS) is 12.1. The summed E-state index contributed by atoms with van der Waals surface area (Å²) in [6, 6.07) is 22.1. The fourth-order valence-electron chi connectivity index (χ4n) is 3.15. The Balaban J connectivity index is 1.72. The molecule has 0 amide bonds. The average molecular weight is 377 g/mol. The molecule has 0 unspecified atom stereocenters. The number of rotatable bonds is 4. The number of hydrogen-bond donors (Lipinski definition) is 0. The first-order valence-corrected chi connectivity index (χ1v) is 9.41. The highest BCUT2D eigenvalue weighted by Crippen LogP contribution is 2.49. The van der Waals surface area contributed by atoms with E-state index in [0.717, 1.165) is 17.0 Å². The van der Waals surface area contributed by atoms with Gasteiger partial charge >= 0.3 is 5.97 Å². The number of ether oxygens (including phenoxy) is 2. The van der Waals surface area contributed by atoms with Crippen LogP contribution in [0.2, 0.25) is 0 Å². The third kappa shape index (κ3) is 3.38. The lowest BCUT2D eigenvalue weighted by Crippen LogP contribution is -2.20. The summed E-state index contributed by atoms with van der Waals surface area (Å²) in [6.07, 6.45) is 0. The third-order valence-corrected chi connectivity index (χ3v) is 5.68. The predicted molar refractivity (Wildman–Crippen MR) is 107 cm³/mol. The zero-order valence-corrected chi connectivity index (χ0v) is 16.0. The Labute approximate surface area is 162 Å². The fraction of sp³-hybridized carbons (Fsp3) is 0.136. The van der Waals surface area contributed by atoms with Crippen molar-refractivity contribution in [1.82, 2.24) is 0 Å². The predicted octanol–water partition coefficient (Wildman–Crippen LogP) is 5.28. The first-order valence-electron chi connectivity index (χ1n) is 8.59. The molecule has 0 fully saturated rings. The number of carbonyl (C=O) groups is 1. The second-order valence-corrected chi connectivity index (χ2v) is 7.26. The van der Waals surface area contributed by atoms with E-state index >= 15 is 0 Å². The van der Waals surface area contributed by atoms with E-state index in [4.69, 9.17) is 9.47 Å². The van der Waals surface area contributed by atoms with Crippen LogP contribution >= 0.6 is 11.8 Å². The zero-order chi connectivity index (χ0) is 18.8. The Morgan fingerprint density at radius 3 is 2.41 bits per heavy atom. The number of para-hydroxylation sites is 1. The first-order chi connectivity index (χ1) is 13.2. The summed E-state index contributed by atoms with van der Waals surface area (Å²) in [5.41, 5.74) is 3.95. The van der Waals surface area contributed by atoms with Crippen molar-refractivity contribution in [2.75, 3.05) is 19.1 Å². The monoisotopic (exact) mass is 377 g/mol. The largest absolute Gasteiger partial charge is 0.497 e. The molecule has 0 spiro atoms. The summed E-state index contributed by atoms with van der Waals surface area (Å²) in [5, 5.41) is 0. The Morgan fingerprint density at radius 1 is 0.926 bits per heavy atom. The van der Waals surface area contributed by atoms with Crippen molar-refractivity contribution in [3.05, 3.63) is 77.9 Å². The number of fused-ring (bicyclic) bond motifs is 2. The minimum absolute atomic E-state index is 0.323. The van der Waals surface area contributed by atoms with Gasteiger partial charge in [0.2, 0.25) is 0 Å². The molecule has 1 aliphatic rings. The summed E-state index contributed by atoms with van der Waals surface area (Å²) >= 11 is 1.77. The van der Waals surface area contributed by atoms with E-state index in [1.54, 1.807) is 31.0 Å². The lowest BCUT2D eigenvalue weighted by molar-refractivity contribution is 0.0600. The van der Waals surface area contributed by atoms with Crippen LogP contribution in [0.15, 0.2) is 76.5 Å². The van der Waals surface area contributed by atoms with Gasteiger partial charge in [0.25, 0.3) is 0 Å². The van der Waals surface area contributed by atoms with Gasteiger partial charge in [-0.25, -0.2) is 4.79 Å². The van der Waals surface area contributed by atoms with E-state index in [2.05, 4.69) is 41.3 Å². The van der Waals surface area contributed by atoms with E-state index in [1.807, 2.05) is 18.2 Å². The molecular weight excluding hydrogens is 358 g/mol. The number of nitrogens with zero attached hydrogens (tertiary/aromatic N) is 1. The molecule has 4 rings (SSSR count). The van der Waals surface area contributed by atoms with Gasteiger partial charge in [-0.3, -0.25) is 0 Å². The summed E-state index contributed by atoms with van der Waals surface area (Å²) in [4.78, 5) is 16.4. The van der Waals surface area contributed by atoms with E-state index in [9.17, 15) is 4.79 Å². The molecule has 0 saturated heterocycles. The minimum atomic E-state index is -0.323. The fourth-order valence-corrected chi connectivity index (χ4v) is 4.23. The molecule has 3 aromatic rings. The molecule has 0 bridgehead atoms. The van der Waals surface area contributed by atoms with Crippen LogP contribution in [0.5, 0.6) is 5.75 Å². The number of hydrogen-bond acceptors (Lipinski definition) is 5. The average Bonchev–Trinajstić information content (AvgIpc) is 2.73. The molecule has 27 heavy (non-hydrogen) atoms. The molecule has 5 heteroatoms. The lowest BCUT2D eigenvalue weighted by Gasteiger charge is -2.33. The van der Waals surface area contributed by atoms with E-state index < -0.39 is 0 Å². The minimum Gasteiger partial charge on any atom is -0.497 e. The highest BCUT2D eigenvalue weighted by molar-refractivity contribution is 7.99. The molecule has 1 heterocycles. The van der Waals surface area contributed by atoms with Crippen LogP contribution < -0.4 is 9.64 Å². The van der Waals surface area contributed by atoms with Gasteiger partial charge in [-0.1, -0.05) is 36.0 Å². The summed E-state index contributed by atoms with van der Waals surface area (Å²) in [5.74, 6) is 0.510. The number of anilines is 2. The number of methoxy groups -OCH3 is 2. The highest BCUT2D eigenvalue weighted by atomic mass is 32.2. The summed E-state index contributed by atoms with van der Waals surface area (Å²) in [6.45, 7) is 0.694. The number of esters is 1. The molecule has 0 saturated carbocycles. The summed E-state index contributed by atoms with van der Waals surface area (Å²) < 4.78 is 10.2. The Kier molecular flexibility index (Phi) is 4.77. The Morgan fingerprint density at radius 2 is 1.67 bits per heavy atom. The van der Waals surface area contributed by atoms with Crippen molar-refractivity contribution in [1.29, 1.82) is 0 Å². The number of carbonyl (C=O) groups excluding carboxylic acids is 1. The van der Waals surface area contributed by atoms with Crippen molar-refractivity contribution in [2.24, 2.45) is 0 Å². The van der Waals surface area contributed by atoms with Gasteiger partial charge in [-0.15, -0.1) is 0 Å². The smallest absolute Gasteiger partial charge is 0.337 e. The van der Waals surface area contributed by atoms with Gasteiger partial charge in [-0.05, 0) is 42.0 Å². The van der Waals surface area contributed by atoms with Crippen molar-refractivity contribution in [3.63, 3.8) is 0 Å². The van der Waals surface area contributed by atoms with Gasteiger partial charge in [0.15, 0.2) is 0 Å². The standard InChI is InChI=1S/C22H19NO3S/c1-25-17-11-12-21-19(13-17)23(18-5-3-4-6-20(18)27-21)14-15-7-9-16(10-8-15)22(24)26-2/h3-13H,14H2,1-2H3. The molecular formula is C22H19NO3S. The molecule has 0 N–H and O–H groups in total. The molecule has 4 nitrogen and oxygen atoms in total. The van der Waals surface area contributed by atoms with E-state index in [1.165, 1.54) is 22.6 Å². The van der Waals surface area contributed by atoms with Crippen LogP contribution in [0.1, 0.15) is 15.9 Å². The molecule has 136 valence electrons. The van der Waals surface area contributed by atoms with Crippen LogP contribution in [0.3, 0.4) is 0 Å². The van der Waals surface area contributed by atoms with Crippen LogP contribution in [-0.2, 0) is 11.3 Å². The van der Waals surface area contributed by atoms with Crippen molar-refractivity contribution >= 4 is 29.1 Å². The molecule has 0 aromatic heterocycles. The van der Waals surface area contributed by atoms with E-state index in [-0.39, 0.29) is 5.97 Å². The third-order valence-electron chi connectivity index (χ3n) is 4.55. The van der Waals surface area contributed by atoms with Crippen LogP contribution in [0.25, 0.3) is 0 Å². The molecule has 0 atom stereocenters. The van der Waals surface area contributed by atoms with Crippen molar-refractivity contribution < 1.29 is 14.3 Å².